The molecule has 172 valence electrons. The highest BCUT2D eigenvalue weighted by molar-refractivity contribution is 6.12. The van der Waals surface area contributed by atoms with E-state index in [1.165, 1.54) is 19.3 Å². The number of nitrogens with zero attached hydrogens (tertiary/aromatic N) is 1. The lowest BCUT2D eigenvalue weighted by atomic mass is 9.96. The van der Waals surface area contributed by atoms with Crippen LogP contribution in [0.5, 0.6) is 23.0 Å². The predicted molar refractivity (Wildman–Crippen MR) is 126 cm³/mol. The monoisotopic (exact) mass is 431 g/mol. The van der Waals surface area contributed by atoms with Gasteiger partial charge in [0.05, 0.1) is 44.9 Å². The van der Waals surface area contributed by atoms with Gasteiger partial charge in [-0.05, 0) is 37.5 Å². The van der Waals surface area contributed by atoms with Gasteiger partial charge in [-0.25, -0.2) is 0 Å². The van der Waals surface area contributed by atoms with E-state index in [1.54, 1.807) is 28.4 Å². The maximum atomic E-state index is 5.90. The molecule has 0 fully saturated rings. The van der Waals surface area contributed by atoms with Crippen molar-refractivity contribution in [2.75, 3.05) is 35.0 Å². The molecule has 0 saturated carbocycles. The topological polar surface area (TPSA) is 58.5 Å². The number of benzene rings is 2. The minimum absolute atomic E-state index is 0.573. The van der Waals surface area contributed by atoms with Gasteiger partial charge in [0.2, 0.25) is 0 Å². The van der Waals surface area contributed by atoms with Gasteiger partial charge >= 0.3 is 0 Å². The van der Waals surface area contributed by atoms with Gasteiger partial charge in [-0.15, -0.1) is 0 Å². The Balaban J connectivity index is 2.63. The number of methoxy groups -OCH3 is 4. The van der Waals surface area contributed by atoms with E-state index in [-0.39, 0.29) is 0 Å². The third-order valence-electron chi connectivity index (χ3n) is 5.28. The molecular formula is C25H37NO5. The second kappa shape index (κ2) is 12.9. The van der Waals surface area contributed by atoms with Crippen LogP contribution in [0.2, 0.25) is 0 Å². The van der Waals surface area contributed by atoms with Crippen LogP contribution in [-0.2, 0) is 4.84 Å². The molecule has 6 heteroatoms. The normalized spacial score (nSPS) is 11.5. The molecule has 0 aliphatic carbocycles. The van der Waals surface area contributed by atoms with E-state index < -0.39 is 0 Å². The van der Waals surface area contributed by atoms with Crippen LogP contribution in [0.15, 0.2) is 23.4 Å². The second-order valence-corrected chi connectivity index (χ2v) is 7.42. The maximum Gasteiger partial charge on any atom is 0.140 e. The van der Waals surface area contributed by atoms with E-state index in [4.69, 9.17) is 23.8 Å². The SMILES string of the molecule is CCCCCCCC(=NOCCC)c1cc(OC)c2c(OC)ccc(OC)c2c1OC. The summed E-state index contributed by atoms with van der Waals surface area (Å²) in [4.78, 5) is 5.60. The third kappa shape index (κ3) is 5.96. The summed E-state index contributed by atoms with van der Waals surface area (Å²) in [5.74, 6) is 2.73. The molecule has 2 rings (SSSR count). The molecule has 2 aromatic carbocycles. The maximum absolute atomic E-state index is 5.90. The molecule has 0 aromatic heterocycles. The van der Waals surface area contributed by atoms with Crippen LogP contribution in [0.1, 0.15) is 64.4 Å². The summed E-state index contributed by atoms with van der Waals surface area (Å²) in [6.45, 7) is 4.86. The van der Waals surface area contributed by atoms with Crippen LogP contribution < -0.4 is 18.9 Å². The Morgan fingerprint density at radius 3 is 1.97 bits per heavy atom. The second-order valence-electron chi connectivity index (χ2n) is 7.42. The molecule has 0 heterocycles. The Morgan fingerprint density at radius 2 is 1.39 bits per heavy atom. The summed E-state index contributed by atoms with van der Waals surface area (Å²) in [5.41, 5.74) is 1.71. The standard InChI is InChI=1S/C25H37NO5/c1-7-9-10-11-12-13-19(26-31-16-8-2)18-17-22(29-5)23-20(27-3)14-15-21(28-4)24(23)25(18)30-6/h14-15,17H,7-13,16H2,1-6H3. The number of fused-ring (bicyclic) bond motifs is 1. The van der Waals surface area contributed by atoms with Gasteiger partial charge in [0.25, 0.3) is 0 Å². The molecule has 31 heavy (non-hydrogen) atoms. The van der Waals surface area contributed by atoms with E-state index in [2.05, 4.69) is 19.0 Å². The molecule has 0 radical (unpaired) electrons. The first-order valence-electron chi connectivity index (χ1n) is 11.2. The van der Waals surface area contributed by atoms with E-state index in [1.807, 2.05) is 18.2 Å². The Kier molecular flexibility index (Phi) is 10.3. The van der Waals surface area contributed by atoms with Crippen molar-refractivity contribution in [3.05, 3.63) is 23.8 Å². The summed E-state index contributed by atoms with van der Waals surface area (Å²) < 4.78 is 22.9. The number of hydrogen-bond acceptors (Lipinski definition) is 6. The molecule has 0 spiro atoms. The predicted octanol–water partition coefficient (Wildman–Crippen LogP) is 6.37. The van der Waals surface area contributed by atoms with Crippen molar-refractivity contribution in [2.24, 2.45) is 5.16 Å². The quantitative estimate of drug-likeness (QED) is 0.198. The number of unbranched alkanes of at least 4 members (excludes halogenated alkanes) is 4. The molecule has 2 aromatic rings. The third-order valence-corrected chi connectivity index (χ3v) is 5.28. The lowest BCUT2D eigenvalue weighted by molar-refractivity contribution is 0.144. The number of rotatable bonds is 14. The van der Waals surface area contributed by atoms with Gasteiger partial charge in [0, 0.05) is 5.56 Å². The summed E-state index contributed by atoms with van der Waals surface area (Å²) in [7, 11) is 6.60. The van der Waals surface area contributed by atoms with Crippen molar-refractivity contribution in [3.63, 3.8) is 0 Å². The van der Waals surface area contributed by atoms with E-state index in [9.17, 15) is 0 Å². The van der Waals surface area contributed by atoms with E-state index >= 15 is 0 Å². The average molecular weight is 432 g/mol. The van der Waals surface area contributed by atoms with Crippen LogP contribution >= 0.6 is 0 Å². The number of hydrogen-bond donors (Lipinski definition) is 0. The highest BCUT2D eigenvalue weighted by Gasteiger charge is 2.23. The fourth-order valence-electron chi connectivity index (χ4n) is 3.71. The van der Waals surface area contributed by atoms with Crippen molar-refractivity contribution >= 4 is 16.5 Å². The summed E-state index contributed by atoms with van der Waals surface area (Å²) in [6, 6.07) is 5.71. The van der Waals surface area contributed by atoms with Gasteiger partial charge < -0.3 is 23.8 Å². The molecule has 0 saturated heterocycles. The van der Waals surface area contributed by atoms with Crippen LogP contribution in [0.3, 0.4) is 0 Å². The lowest BCUT2D eigenvalue weighted by Crippen LogP contribution is -2.08. The highest BCUT2D eigenvalue weighted by atomic mass is 16.6. The molecule has 0 N–H and O–H groups in total. The smallest absolute Gasteiger partial charge is 0.140 e. The summed E-state index contributed by atoms with van der Waals surface area (Å²) in [5, 5.41) is 6.11. The van der Waals surface area contributed by atoms with Crippen molar-refractivity contribution in [1.82, 2.24) is 0 Å². The van der Waals surface area contributed by atoms with E-state index in [0.29, 0.717) is 29.6 Å². The van der Waals surface area contributed by atoms with Gasteiger partial charge in [-0.2, -0.15) is 0 Å². The molecule has 6 nitrogen and oxygen atoms in total. The van der Waals surface area contributed by atoms with Crippen LogP contribution in [0.4, 0.5) is 0 Å². The Bertz CT molecular complexity index is 863. The van der Waals surface area contributed by atoms with Gasteiger partial charge in [0.1, 0.15) is 29.6 Å². The first-order valence-corrected chi connectivity index (χ1v) is 11.2. The molecule has 0 aliphatic heterocycles. The van der Waals surface area contributed by atoms with Crippen molar-refractivity contribution in [2.45, 2.75) is 58.8 Å². The van der Waals surface area contributed by atoms with Crippen molar-refractivity contribution in [1.29, 1.82) is 0 Å². The lowest BCUT2D eigenvalue weighted by Gasteiger charge is -2.19. The average Bonchev–Trinajstić information content (AvgIpc) is 2.81. The Morgan fingerprint density at radius 1 is 0.742 bits per heavy atom. The van der Waals surface area contributed by atoms with Crippen LogP contribution in [0, 0.1) is 0 Å². The van der Waals surface area contributed by atoms with Crippen LogP contribution in [-0.4, -0.2) is 40.8 Å². The highest BCUT2D eigenvalue weighted by Crippen LogP contribution is 2.46. The Hall–Kier alpha value is -2.63. The number of oxime groups is 1. The van der Waals surface area contributed by atoms with Gasteiger partial charge in [-0.1, -0.05) is 44.7 Å². The zero-order chi connectivity index (χ0) is 22.6. The molecule has 0 bridgehead atoms. The molecular weight excluding hydrogens is 394 g/mol. The minimum Gasteiger partial charge on any atom is -0.496 e. The largest absolute Gasteiger partial charge is 0.496 e. The van der Waals surface area contributed by atoms with E-state index in [0.717, 1.165) is 47.7 Å². The fraction of sp³-hybridized carbons (Fsp3) is 0.560. The molecule has 0 unspecified atom stereocenters. The van der Waals surface area contributed by atoms with Crippen LogP contribution in [0.25, 0.3) is 10.8 Å². The number of ether oxygens (including phenoxy) is 4. The van der Waals surface area contributed by atoms with Gasteiger partial charge in [0.15, 0.2) is 0 Å². The molecule has 0 amide bonds. The fourth-order valence-corrected chi connectivity index (χ4v) is 3.71. The van der Waals surface area contributed by atoms with Crippen molar-refractivity contribution < 1.29 is 23.8 Å². The first kappa shape index (κ1) is 24.6. The molecule has 0 atom stereocenters. The first-order chi connectivity index (χ1) is 15.2. The van der Waals surface area contributed by atoms with Gasteiger partial charge in [-0.3, -0.25) is 0 Å². The summed E-state index contributed by atoms with van der Waals surface area (Å²) in [6.07, 6.45) is 7.59. The zero-order valence-corrected chi connectivity index (χ0v) is 19.9. The summed E-state index contributed by atoms with van der Waals surface area (Å²) >= 11 is 0. The molecule has 0 aliphatic rings. The zero-order valence-electron chi connectivity index (χ0n) is 19.9. The Labute approximate surface area is 186 Å². The minimum atomic E-state index is 0.573. The van der Waals surface area contributed by atoms with Crippen molar-refractivity contribution in [3.8, 4) is 23.0 Å².